The molecule has 0 aromatic heterocycles. The van der Waals surface area contributed by atoms with Gasteiger partial charge >= 0.3 is 10.4 Å². The average Bonchev–Trinajstić information content (AvgIpc) is 1.45. The molecule has 0 atom stereocenters. The molecule has 0 bridgehead atoms. The summed E-state index contributed by atoms with van der Waals surface area (Å²) in [6.45, 7) is 1.08. The molecule has 88 valence electrons. The Morgan fingerprint density at radius 1 is 1.21 bits per heavy atom. The molecule has 0 aliphatic heterocycles. The number of carboxylic acid groups (broad SMARTS) is 1. The number of hydrogen-bond donors (Lipinski definition) is 4. The summed E-state index contributed by atoms with van der Waals surface area (Å²) < 4.78 is 64.3. The standard InChI is InChI=1S/C2H4O2.ClHO4.H2O4S/c1-2(3)4;2-1(3,4)5;1-5(2,3)4/h1H3,(H,3,4);(H,2,3,4,5);(H2,1,2,3,4). The molecule has 0 unspecified atom stereocenters. The van der Waals surface area contributed by atoms with Crippen LogP contribution in [0, 0.1) is 10.2 Å². The molecule has 0 aromatic rings. The van der Waals surface area contributed by atoms with Crippen molar-refractivity contribution in [3.8, 4) is 0 Å². The molecular weight excluding hydrogens is 252 g/mol. The Morgan fingerprint density at radius 2 is 1.21 bits per heavy atom. The highest BCUT2D eigenvalue weighted by atomic mass is 35.7. The molecular formula is C2H7ClO10S. The van der Waals surface area contributed by atoms with E-state index in [4.69, 9.17) is 46.1 Å². The summed E-state index contributed by atoms with van der Waals surface area (Å²) in [5.41, 5.74) is 0. The second kappa shape index (κ2) is 7.84. The number of carboxylic acids is 1. The third-order valence-electron chi connectivity index (χ3n) is 0. The van der Waals surface area contributed by atoms with Crippen LogP contribution < -0.4 is 14.0 Å². The lowest BCUT2D eigenvalue weighted by molar-refractivity contribution is -1.92. The molecule has 12 heteroatoms. The third kappa shape index (κ3) is 4480. The minimum atomic E-state index is -4.69. The topological polar surface area (TPSA) is 201 Å². The predicted molar refractivity (Wildman–Crippen MR) is 29.7 cm³/mol. The van der Waals surface area contributed by atoms with Gasteiger partial charge < -0.3 is 5.11 Å². The van der Waals surface area contributed by atoms with E-state index < -0.39 is 26.6 Å². The number of aliphatic carboxylic acids is 1. The normalized spacial score (nSPS) is 10.2. The first-order chi connectivity index (χ1) is 5.73. The lowest BCUT2D eigenvalue weighted by Gasteiger charge is -2.03. The van der Waals surface area contributed by atoms with Crippen LogP contribution in [-0.4, -0.2) is 33.3 Å². The molecule has 0 aliphatic carbocycles. The Kier molecular flexibility index (Phi) is 10.7. The van der Waals surface area contributed by atoms with Gasteiger partial charge in [0.15, 0.2) is 0 Å². The van der Waals surface area contributed by atoms with E-state index in [1.165, 1.54) is 0 Å². The van der Waals surface area contributed by atoms with Crippen LogP contribution in [0.1, 0.15) is 6.92 Å². The molecule has 14 heavy (non-hydrogen) atoms. The minimum Gasteiger partial charge on any atom is -0.481 e. The van der Waals surface area contributed by atoms with E-state index >= 15 is 0 Å². The van der Waals surface area contributed by atoms with E-state index in [0.717, 1.165) is 6.92 Å². The van der Waals surface area contributed by atoms with E-state index in [1.54, 1.807) is 0 Å². The van der Waals surface area contributed by atoms with Crippen LogP contribution in [0.4, 0.5) is 0 Å². The maximum absolute atomic E-state index is 9.00. The second-order valence-corrected chi connectivity index (χ2v) is 3.05. The summed E-state index contributed by atoms with van der Waals surface area (Å²) >= 11 is 0. The van der Waals surface area contributed by atoms with Crippen LogP contribution >= 0.6 is 0 Å². The molecule has 0 heterocycles. The third-order valence-corrected chi connectivity index (χ3v) is 0. The van der Waals surface area contributed by atoms with Gasteiger partial charge in [-0.3, -0.25) is 13.9 Å². The Labute approximate surface area is 80.3 Å². The SMILES string of the molecule is CC(=O)O.O=S(=O)(O)O.[O-][Cl+3]([O-])([O-])O. The Hall–Kier alpha value is -0.530. The maximum atomic E-state index is 9.00. The van der Waals surface area contributed by atoms with E-state index in [2.05, 4.69) is 0 Å². The number of halogens is 1. The summed E-state index contributed by atoms with van der Waals surface area (Å²) in [4.78, 5) is 9.00. The van der Waals surface area contributed by atoms with Gasteiger partial charge in [-0.15, -0.1) is 0 Å². The van der Waals surface area contributed by atoms with Gasteiger partial charge in [0.05, 0.1) is 14.9 Å². The highest BCUT2D eigenvalue weighted by molar-refractivity contribution is 7.79. The van der Waals surface area contributed by atoms with Crippen LogP contribution in [0.15, 0.2) is 0 Å². The van der Waals surface area contributed by atoms with Gasteiger partial charge in [0, 0.05) is 6.92 Å². The van der Waals surface area contributed by atoms with Crippen molar-refractivity contribution in [1.82, 2.24) is 0 Å². The van der Waals surface area contributed by atoms with Crippen molar-refractivity contribution >= 4 is 16.4 Å². The summed E-state index contributed by atoms with van der Waals surface area (Å²) in [5, 5.41) is 7.42. The van der Waals surface area contributed by atoms with Gasteiger partial charge in [0.25, 0.3) is 5.97 Å². The zero-order chi connectivity index (χ0) is 12.6. The van der Waals surface area contributed by atoms with E-state index in [1.807, 2.05) is 0 Å². The molecule has 0 aromatic carbocycles. The minimum absolute atomic E-state index is 0.833. The largest absolute Gasteiger partial charge is 0.481 e. The van der Waals surface area contributed by atoms with Crippen molar-refractivity contribution in [2.75, 3.05) is 0 Å². The second-order valence-electron chi connectivity index (χ2n) is 1.36. The first kappa shape index (κ1) is 19.1. The van der Waals surface area contributed by atoms with Crippen molar-refractivity contribution in [2.24, 2.45) is 0 Å². The molecule has 0 aliphatic rings. The Bertz CT molecular complexity index is 217. The first-order valence-electron chi connectivity index (χ1n) is 2.26. The van der Waals surface area contributed by atoms with Crippen molar-refractivity contribution in [1.29, 1.82) is 0 Å². The lowest BCUT2D eigenvalue weighted by Crippen LogP contribution is -2.58. The number of carbonyl (C=O) groups is 1. The fourth-order valence-electron chi connectivity index (χ4n) is 0. The molecule has 0 amide bonds. The van der Waals surface area contributed by atoms with Crippen LogP contribution in [0.3, 0.4) is 0 Å². The average molecular weight is 259 g/mol. The molecule has 4 N–H and O–H groups in total. The van der Waals surface area contributed by atoms with E-state index in [-0.39, 0.29) is 0 Å². The molecule has 0 rings (SSSR count). The summed E-state index contributed by atoms with van der Waals surface area (Å²) in [6.07, 6.45) is 0. The fourth-order valence-corrected chi connectivity index (χ4v) is 0. The van der Waals surface area contributed by atoms with Gasteiger partial charge in [-0.2, -0.15) is 22.4 Å². The van der Waals surface area contributed by atoms with Crippen molar-refractivity contribution < 1.29 is 56.3 Å². The smallest absolute Gasteiger partial charge is 0.394 e. The zero-order valence-corrected chi connectivity index (χ0v) is 8.10. The quantitative estimate of drug-likeness (QED) is 0.306. The maximum Gasteiger partial charge on any atom is 0.394 e. The number of hydrogen-bond acceptors (Lipinski definition) is 7. The summed E-state index contributed by atoms with van der Waals surface area (Å²) in [5.74, 6) is -0.833. The van der Waals surface area contributed by atoms with Gasteiger partial charge in [-0.25, -0.2) is 0 Å². The Balaban J connectivity index is -0.000000131. The van der Waals surface area contributed by atoms with E-state index in [9.17, 15) is 0 Å². The van der Waals surface area contributed by atoms with Crippen molar-refractivity contribution in [2.45, 2.75) is 6.92 Å². The molecule has 0 radical (unpaired) electrons. The zero-order valence-electron chi connectivity index (χ0n) is 6.52. The van der Waals surface area contributed by atoms with E-state index in [0.29, 0.717) is 0 Å². The predicted octanol–water partition coefficient (Wildman–Crippen LogP) is -4.69. The van der Waals surface area contributed by atoms with Crippen LogP contribution in [-0.2, 0) is 15.2 Å². The van der Waals surface area contributed by atoms with Gasteiger partial charge in [0.1, 0.15) is 0 Å². The first-order valence-corrected chi connectivity index (χ1v) is 4.92. The lowest BCUT2D eigenvalue weighted by atomic mass is 10.9. The van der Waals surface area contributed by atoms with Crippen LogP contribution in [0.2, 0.25) is 0 Å². The van der Waals surface area contributed by atoms with Crippen molar-refractivity contribution in [3.05, 3.63) is 0 Å². The molecule has 0 saturated carbocycles. The monoisotopic (exact) mass is 258 g/mol. The summed E-state index contributed by atoms with van der Waals surface area (Å²) in [6, 6.07) is 0. The van der Waals surface area contributed by atoms with Gasteiger partial charge in [0.2, 0.25) is 0 Å². The Morgan fingerprint density at radius 3 is 1.21 bits per heavy atom. The van der Waals surface area contributed by atoms with Crippen LogP contribution in [0.25, 0.3) is 0 Å². The summed E-state index contributed by atoms with van der Waals surface area (Å²) in [7, 11) is -9.36. The fraction of sp³-hybridized carbons (Fsp3) is 0.500. The molecule has 0 spiro atoms. The highest BCUT2D eigenvalue weighted by Gasteiger charge is 1.98. The molecule has 0 saturated heterocycles. The number of rotatable bonds is 0. The van der Waals surface area contributed by atoms with Crippen molar-refractivity contribution in [3.63, 3.8) is 0 Å². The van der Waals surface area contributed by atoms with Gasteiger partial charge in [-0.1, -0.05) is 0 Å². The highest BCUT2D eigenvalue weighted by Crippen LogP contribution is 1.61. The molecule has 0 fully saturated rings. The van der Waals surface area contributed by atoms with Crippen LogP contribution in [0.5, 0.6) is 0 Å². The van der Waals surface area contributed by atoms with Gasteiger partial charge in [-0.05, 0) is 0 Å². The molecule has 10 nitrogen and oxygen atoms in total.